The molecule has 1 fully saturated rings. The van der Waals surface area contributed by atoms with Crippen LogP contribution in [0.25, 0.3) is 10.2 Å². The van der Waals surface area contributed by atoms with Gasteiger partial charge in [-0.3, -0.25) is 4.79 Å². The first-order chi connectivity index (χ1) is 10.7. The zero-order chi connectivity index (χ0) is 15.4. The Labute approximate surface area is 135 Å². The van der Waals surface area contributed by atoms with Crippen LogP contribution in [0.3, 0.4) is 0 Å². The zero-order valence-electron chi connectivity index (χ0n) is 13.0. The molecule has 1 aromatic heterocycles. The molecule has 2 N–H and O–H groups in total. The van der Waals surface area contributed by atoms with E-state index in [9.17, 15) is 4.79 Å². The van der Waals surface area contributed by atoms with Crippen LogP contribution in [0.15, 0.2) is 24.3 Å². The maximum Gasteiger partial charge on any atom is 0.220 e. The number of amides is 1. The van der Waals surface area contributed by atoms with Crippen molar-refractivity contribution in [3.63, 3.8) is 0 Å². The van der Waals surface area contributed by atoms with Gasteiger partial charge in [-0.1, -0.05) is 12.1 Å². The molecule has 1 aliphatic rings. The van der Waals surface area contributed by atoms with Crippen LogP contribution in [-0.2, 0) is 11.2 Å². The topological polar surface area (TPSA) is 54.0 Å². The lowest BCUT2D eigenvalue weighted by Gasteiger charge is -2.28. The van der Waals surface area contributed by atoms with E-state index < -0.39 is 0 Å². The van der Waals surface area contributed by atoms with Gasteiger partial charge in [0.15, 0.2) is 0 Å². The van der Waals surface area contributed by atoms with Crippen molar-refractivity contribution in [1.29, 1.82) is 0 Å². The number of hydrogen-bond donors (Lipinski definition) is 2. The molecule has 2 heterocycles. The number of carbonyl (C=O) groups is 1. The lowest BCUT2D eigenvalue weighted by atomic mass is 10.0. The third-order valence-electron chi connectivity index (χ3n) is 4.12. The molecule has 1 amide bonds. The molecule has 4 nitrogen and oxygen atoms in total. The highest BCUT2D eigenvalue weighted by atomic mass is 32.1. The van der Waals surface area contributed by atoms with E-state index in [0.717, 1.165) is 42.8 Å². The maximum atomic E-state index is 12.0. The quantitative estimate of drug-likeness (QED) is 0.891. The monoisotopic (exact) mass is 317 g/mol. The number of aromatic nitrogens is 1. The Morgan fingerprint density at radius 1 is 1.45 bits per heavy atom. The van der Waals surface area contributed by atoms with Crippen molar-refractivity contribution in [3.8, 4) is 0 Å². The lowest BCUT2D eigenvalue weighted by Crippen LogP contribution is -2.46. The molecule has 0 bridgehead atoms. The van der Waals surface area contributed by atoms with Crippen LogP contribution in [0.5, 0.6) is 0 Å². The van der Waals surface area contributed by atoms with Crippen molar-refractivity contribution in [1.82, 2.24) is 15.6 Å². The molecule has 0 radical (unpaired) electrons. The van der Waals surface area contributed by atoms with E-state index in [4.69, 9.17) is 0 Å². The van der Waals surface area contributed by atoms with E-state index >= 15 is 0 Å². The molecule has 0 spiro atoms. The number of rotatable bonds is 5. The minimum absolute atomic E-state index is 0.181. The zero-order valence-corrected chi connectivity index (χ0v) is 13.8. The van der Waals surface area contributed by atoms with Crippen molar-refractivity contribution < 1.29 is 4.79 Å². The molecule has 3 rings (SSSR count). The van der Waals surface area contributed by atoms with Crippen molar-refractivity contribution in [2.75, 3.05) is 6.54 Å². The summed E-state index contributed by atoms with van der Waals surface area (Å²) in [6, 6.07) is 9.03. The second-order valence-corrected chi connectivity index (χ2v) is 7.19. The normalized spacial score (nSPS) is 21.9. The lowest BCUT2D eigenvalue weighted by molar-refractivity contribution is -0.122. The molecular weight excluding hydrogens is 294 g/mol. The third kappa shape index (κ3) is 4.05. The van der Waals surface area contributed by atoms with E-state index in [1.165, 1.54) is 4.70 Å². The minimum atomic E-state index is 0.181. The number of fused-ring (bicyclic) bond motifs is 1. The molecule has 1 saturated heterocycles. The number of piperidine rings is 1. The summed E-state index contributed by atoms with van der Waals surface area (Å²) in [6.07, 6.45) is 4.41. The van der Waals surface area contributed by atoms with Gasteiger partial charge in [-0.05, 0) is 51.3 Å². The standard InChI is InChI=1S/C17H23N3OS/c1-12-11-13(9-10-18-12)19-16(21)7-4-8-17-20-14-5-2-3-6-15(14)22-17/h2-3,5-6,12-13,18H,4,7-11H2,1H3,(H,19,21). The van der Waals surface area contributed by atoms with Crippen LogP contribution in [-0.4, -0.2) is 29.5 Å². The van der Waals surface area contributed by atoms with Gasteiger partial charge in [0, 0.05) is 18.5 Å². The molecule has 0 aliphatic carbocycles. The number of para-hydroxylation sites is 1. The highest BCUT2D eigenvalue weighted by Crippen LogP contribution is 2.22. The third-order valence-corrected chi connectivity index (χ3v) is 5.22. The Morgan fingerprint density at radius 2 is 2.32 bits per heavy atom. The molecule has 5 heteroatoms. The summed E-state index contributed by atoms with van der Waals surface area (Å²) >= 11 is 1.73. The van der Waals surface area contributed by atoms with Crippen LogP contribution >= 0.6 is 11.3 Å². The molecule has 22 heavy (non-hydrogen) atoms. The Kier molecular flexibility index (Phi) is 5.05. The highest BCUT2D eigenvalue weighted by molar-refractivity contribution is 7.18. The predicted octanol–water partition coefficient (Wildman–Crippen LogP) is 2.88. The molecule has 0 saturated carbocycles. The summed E-state index contributed by atoms with van der Waals surface area (Å²) in [5.74, 6) is 0.181. The van der Waals surface area contributed by atoms with E-state index in [1.807, 2.05) is 18.2 Å². The van der Waals surface area contributed by atoms with Gasteiger partial charge < -0.3 is 10.6 Å². The average molecular weight is 317 g/mol. The predicted molar refractivity (Wildman–Crippen MR) is 91.2 cm³/mol. The number of aryl methyl sites for hydroxylation is 1. The maximum absolute atomic E-state index is 12.0. The number of nitrogens with zero attached hydrogens (tertiary/aromatic N) is 1. The molecule has 2 aromatic rings. The Balaban J connectivity index is 1.43. The first-order valence-electron chi connectivity index (χ1n) is 8.08. The van der Waals surface area contributed by atoms with Gasteiger partial charge in [0.05, 0.1) is 15.2 Å². The summed E-state index contributed by atoms with van der Waals surface area (Å²) in [5.41, 5.74) is 1.07. The van der Waals surface area contributed by atoms with Gasteiger partial charge in [0.2, 0.25) is 5.91 Å². The van der Waals surface area contributed by atoms with Gasteiger partial charge in [-0.15, -0.1) is 11.3 Å². The number of thiazole rings is 1. The van der Waals surface area contributed by atoms with Crippen LogP contribution < -0.4 is 10.6 Å². The Hall–Kier alpha value is -1.46. The van der Waals surface area contributed by atoms with E-state index in [-0.39, 0.29) is 5.91 Å². The fourth-order valence-electron chi connectivity index (χ4n) is 2.99. The van der Waals surface area contributed by atoms with Gasteiger partial charge in [0.1, 0.15) is 0 Å². The fraction of sp³-hybridized carbons (Fsp3) is 0.529. The van der Waals surface area contributed by atoms with E-state index in [2.05, 4.69) is 28.6 Å². The number of benzene rings is 1. The number of carbonyl (C=O) groups excluding carboxylic acids is 1. The second-order valence-electron chi connectivity index (χ2n) is 6.07. The van der Waals surface area contributed by atoms with Crippen LogP contribution in [0.1, 0.15) is 37.6 Å². The number of hydrogen-bond acceptors (Lipinski definition) is 4. The summed E-state index contributed by atoms with van der Waals surface area (Å²) < 4.78 is 1.23. The highest BCUT2D eigenvalue weighted by Gasteiger charge is 2.19. The fourth-order valence-corrected chi connectivity index (χ4v) is 4.00. The first kappa shape index (κ1) is 15.4. The van der Waals surface area contributed by atoms with E-state index in [0.29, 0.717) is 18.5 Å². The van der Waals surface area contributed by atoms with Crippen molar-refractivity contribution in [2.24, 2.45) is 0 Å². The first-order valence-corrected chi connectivity index (χ1v) is 8.89. The van der Waals surface area contributed by atoms with Crippen LogP contribution in [0.4, 0.5) is 0 Å². The molecule has 118 valence electrons. The summed E-state index contributed by atoms with van der Waals surface area (Å²) in [5, 5.41) is 7.70. The number of nitrogens with one attached hydrogen (secondary N) is 2. The molecule has 2 unspecified atom stereocenters. The molecule has 1 aromatic carbocycles. The SMILES string of the molecule is CC1CC(NC(=O)CCCc2nc3ccccc3s2)CCN1. The molecular formula is C17H23N3OS. The average Bonchev–Trinajstić information content (AvgIpc) is 2.90. The van der Waals surface area contributed by atoms with Crippen molar-refractivity contribution in [3.05, 3.63) is 29.3 Å². The van der Waals surface area contributed by atoms with Gasteiger partial charge >= 0.3 is 0 Å². The molecule has 2 atom stereocenters. The van der Waals surface area contributed by atoms with Crippen molar-refractivity contribution >= 4 is 27.5 Å². The Morgan fingerprint density at radius 3 is 3.14 bits per heavy atom. The largest absolute Gasteiger partial charge is 0.353 e. The van der Waals surface area contributed by atoms with Gasteiger partial charge in [0.25, 0.3) is 0 Å². The van der Waals surface area contributed by atoms with Crippen LogP contribution in [0.2, 0.25) is 0 Å². The summed E-state index contributed by atoms with van der Waals surface area (Å²) in [7, 11) is 0. The van der Waals surface area contributed by atoms with Gasteiger partial charge in [-0.25, -0.2) is 4.98 Å². The van der Waals surface area contributed by atoms with E-state index in [1.54, 1.807) is 11.3 Å². The van der Waals surface area contributed by atoms with Gasteiger partial charge in [-0.2, -0.15) is 0 Å². The summed E-state index contributed by atoms with van der Waals surface area (Å²) in [4.78, 5) is 16.6. The molecule has 1 aliphatic heterocycles. The smallest absolute Gasteiger partial charge is 0.220 e. The summed E-state index contributed by atoms with van der Waals surface area (Å²) in [6.45, 7) is 3.17. The minimum Gasteiger partial charge on any atom is -0.353 e. The Bertz CT molecular complexity index is 607. The van der Waals surface area contributed by atoms with Crippen LogP contribution in [0, 0.1) is 0 Å². The van der Waals surface area contributed by atoms with Crippen molar-refractivity contribution in [2.45, 2.75) is 51.1 Å². The second kappa shape index (κ2) is 7.20.